The maximum absolute atomic E-state index is 12.2. The molecular formula is C19H24N2O3. The quantitative estimate of drug-likeness (QED) is 0.917. The van der Waals surface area contributed by atoms with E-state index in [1.54, 1.807) is 6.07 Å². The molecular weight excluding hydrogens is 304 g/mol. The summed E-state index contributed by atoms with van der Waals surface area (Å²) in [6.07, 6.45) is 2.54. The number of carbonyl (C=O) groups excluding carboxylic acids is 1. The lowest BCUT2D eigenvalue weighted by atomic mass is 10.2. The van der Waals surface area contributed by atoms with Crippen molar-refractivity contribution < 1.29 is 13.9 Å². The molecule has 0 aliphatic carbocycles. The predicted octanol–water partition coefficient (Wildman–Crippen LogP) is 2.61. The zero-order valence-electron chi connectivity index (χ0n) is 14.0. The molecule has 1 atom stereocenters. The highest BCUT2D eigenvalue weighted by atomic mass is 16.5. The molecule has 1 aliphatic rings. The van der Waals surface area contributed by atoms with E-state index >= 15 is 0 Å². The van der Waals surface area contributed by atoms with Crippen LogP contribution in [0.3, 0.4) is 0 Å². The standard InChI is InChI=1S/C19H24N2O3/c1-15-8-11-24-18(15)19(22)20-12-17-14-21(9-5-10-23-17)13-16-6-3-2-4-7-16/h2-4,6-8,11,17H,5,9-10,12-14H2,1H3,(H,20,22)/t17-/m0/s1. The van der Waals surface area contributed by atoms with Crippen LogP contribution >= 0.6 is 0 Å². The third-order valence-electron chi connectivity index (χ3n) is 4.24. The molecule has 1 aliphatic heterocycles. The van der Waals surface area contributed by atoms with Crippen LogP contribution < -0.4 is 5.32 Å². The molecule has 3 rings (SSSR count). The van der Waals surface area contributed by atoms with E-state index in [0.717, 1.165) is 38.2 Å². The summed E-state index contributed by atoms with van der Waals surface area (Å²) in [5, 5.41) is 2.92. The number of hydrogen-bond acceptors (Lipinski definition) is 4. The normalized spacial score (nSPS) is 19.0. The SMILES string of the molecule is Cc1ccoc1C(=O)NC[C@H]1CN(Cc2ccccc2)CCCO1. The van der Waals surface area contributed by atoms with Crippen molar-refractivity contribution in [1.82, 2.24) is 10.2 Å². The topological polar surface area (TPSA) is 54.7 Å². The van der Waals surface area contributed by atoms with Gasteiger partial charge in [-0.25, -0.2) is 0 Å². The van der Waals surface area contributed by atoms with Gasteiger partial charge < -0.3 is 14.5 Å². The number of amides is 1. The summed E-state index contributed by atoms with van der Waals surface area (Å²) in [6, 6.07) is 12.2. The Labute approximate surface area is 142 Å². The summed E-state index contributed by atoms with van der Waals surface area (Å²) < 4.78 is 11.1. The molecule has 2 heterocycles. The largest absolute Gasteiger partial charge is 0.459 e. The first-order valence-corrected chi connectivity index (χ1v) is 8.42. The van der Waals surface area contributed by atoms with E-state index in [1.165, 1.54) is 11.8 Å². The third kappa shape index (κ3) is 4.46. The summed E-state index contributed by atoms with van der Waals surface area (Å²) in [4.78, 5) is 14.5. The number of aryl methyl sites for hydroxylation is 1. The fourth-order valence-electron chi connectivity index (χ4n) is 2.97. The van der Waals surface area contributed by atoms with Crippen molar-refractivity contribution >= 4 is 5.91 Å². The lowest BCUT2D eigenvalue weighted by Crippen LogP contribution is -2.40. The van der Waals surface area contributed by atoms with Crippen molar-refractivity contribution in [2.45, 2.75) is 26.0 Å². The van der Waals surface area contributed by atoms with Gasteiger partial charge in [-0.1, -0.05) is 30.3 Å². The van der Waals surface area contributed by atoms with Crippen LogP contribution in [0.5, 0.6) is 0 Å². The summed E-state index contributed by atoms with van der Waals surface area (Å²) in [5.74, 6) is 0.199. The third-order valence-corrected chi connectivity index (χ3v) is 4.24. The maximum Gasteiger partial charge on any atom is 0.287 e. The molecule has 1 saturated heterocycles. The van der Waals surface area contributed by atoms with E-state index in [4.69, 9.17) is 9.15 Å². The second-order valence-electron chi connectivity index (χ2n) is 6.21. The van der Waals surface area contributed by atoms with E-state index in [1.807, 2.05) is 13.0 Å². The molecule has 0 spiro atoms. The average Bonchev–Trinajstić information content (AvgIpc) is 2.89. The highest BCUT2D eigenvalue weighted by Crippen LogP contribution is 2.12. The molecule has 1 aromatic carbocycles. The minimum Gasteiger partial charge on any atom is -0.459 e. The highest BCUT2D eigenvalue weighted by Gasteiger charge is 2.21. The molecule has 5 nitrogen and oxygen atoms in total. The van der Waals surface area contributed by atoms with Crippen LogP contribution in [-0.4, -0.2) is 43.2 Å². The van der Waals surface area contributed by atoms with Crippen LogP contribution in [0.1, 0.15) is 28.1 Å². The Morgan fingerprint density at radius 1 is 1.29 bits per heavy atom. The van der Waals surface area contributed by atoms with Crippen LogP contribution in [0.4, 0.5) is 0 Å². The second-order valence-corrected chi connectivity index (χ2v) is 6.21. The van der Waals surface area contributed by atoms with Crippen molar-refractivity contribution in [3.05, 3.63) is 59.5 Å². The number of benzene rings is 1. The monoisotopic (exact) mass is 328 g/mol. The molecule has 128 valence electrons. The lowest BCUT2D eigenvalue weighted by Gasteiger charge is -2.24. The summed E-state index contributed by atoms with van der Waals surface area (Å²) >= 11 is 0. The van der Waals surface area contributed by atoms with Crippen molar-refractivity contribution in [3.8, 4) is 0 Å². The van der Waals surface area contributed by atoms with Gasteiger partial charge in [-0.15, -0.1) is 0 Å². The predicted molar refractivity (Wildman–Crippen MR) is 91.9 cm³/mol. The number of carbonyl (C=O) groups is 1. The Morgan fingerprint density at radius 2 is 2.12 bits per heavy atom. The molecule has 0 saturated carbocycles. The molecule has 1 amide bonds. The van der Waals surface area contributed by atoms with Gasteiger partial charge in [0, 0.05) is 38.3 Å². The first-order valence-electron chi connectivity index (χ1n) is 8.42. The molecule has 2 aromatic rings. The zero-order chi connectivity index (χ0) is 16.8. The Morgan fingerprint density at radius 3 is 2.88 bits per heavy atom. The number of hydrogen-bond donors (Lipinski definition) is 1. The Bertz CT molecular complexity index is 654. The van der Waals surface area contributed by atoms with Crippen LogP contribution in [0.25, 0.3) is 0 Å². The summed E-state index contributed by atoms with van der Waals surface area (Å²) in [7, 11) is 0. The first kappa shape index (κ1) is 16.7. The number of furan rings is 1. The molecule has 5 heteroatoms. The summed E-state index contributed by atoms with van der Waals surface area (Å²) in [5.41, 5.74) is 2.15. The van der Waals surface area contributed by atoms with E-state index in [0.29, 0.717) is 12.3 Å². The minimum absolute atomic E-state index is 0.00423. The van der Waals surface area contributed by atoms with Gasteiger partial charge in [0.2, 0.25) is 0 Å². The Hall–Kier alpha value is -2.11. The molecule has 1 N–H and O–H groups in total. The van der Waals surface area contributed by atoms with E-state index in [2.05, 4.69) is 34.5 Å². The minimum atomic E-state index is -0.181. The van der Waals surface area contributed by atoms with Crippen LogP contribution in [-0.2, 0) is 11.3 Å². The van der Waals surface area contributed by atoms with Crippen molar-refractivity contribution in [1.29, 1.82) is 0 Å². The maximum atomic E-state index is 12.2. The van der Waals surface area contributed by atoms with E-state index in [-0.39, 0.29) is 12.0 Å². The van der Waals surface area contributed by atoms with Crippen molar-refractivity contribution in [3.63, 3.8) is 0 Å². The fourth-order valence-corrected chi connectivity index (χ4v) is 2.97. The van der Waals surface area contributed by atoms with E-state index in [9.17, 15) is 4.79 Å². The van der Waals surface area contributed by atoms with Crippen LogP contribution in [0, 0.1) is 6.92 Å². The van der Waals surface area contributed by atoms with Gasteiger partial charge in [-0.3, -0.25) is 9.69 Å². The molecule has 24 heavy (non-hydrogen) atoms. The van der Waals surface area contributed by atoms with Gasteiger partial charge in [0.1, 0.15) is 0 Å². The van der Waals surface area contributed by atoms with E-state index < -0.39 is 0 Å². The molecule has 0 bridgehead atoms. The lowest BCUT2D eigenvalue weighted by molar-refractivity contribution is 0.0505. The Kier molecular flexibility index (Phi) is 5.67. The molecule has 1 fully saturated rings. The smallest absolute Gasteiger partial charge is 0.287 e. The first-order chi connectivity index (χ1) is 11.7. The highest BCUT2D eigenvalue weighted by molar-refractivity contribution is 5.92. The molecule has 0 radical (unpaired) electrons. The summed E-state index contributed by atoms with van der Waals surface area (Å²) in [6.45, 7) is 5.81. The Balaban J connectivity index is 1.53. The number of rotatable bonds is 5. The van der Waals surface area contributed by atoms with Gasteiger partial charge in [0.05, 0.1) is 12.4 Å². The van der Waals surface area contributed by atoms with Crippen LogP contribution in [0.15, 0.2) is 47.1 Å². The molecule has 1 aromatic heterocycles. The van der Waals surface area contributed by atoms with Gasteiger partial charge in [-0.05, 0) is 25.0 Å². The average molecular weight is 328 g/mol. The van der Waals surface area contributed by atoms with Gasteiger partial charge in [-0.2, -0.15) is 0 Å². The zero-order valence-corrected chi connectivity index (χ0v) is 14.0. The van der Waals surface area contributed by atoms with Crippen LogP contribution in [0.2, 0.25) is 0 Å². The molecule has 0 unspecified atom stereocenters. The number of ether oxygens (including phenoxy) is 1. The van der Waals surface area contributed by atoms with Crippen molar-refractivity contribution in [2.24, 2.45) is 0 Å². The number of nitrogens with zero attached hydrogens (tertiary/aromatic N) is 1. The van der Waals surface area contributed by atoms with Gasteiger partial charge in [0.15, 0.2) is 5.76 Å². The van der Waals surface area contributed by atoms with Crippen molar-refractivity contribution in [2.75, 3.05) is 26.2 Å². The second kappa shape index (κ2) is 8.13. The van der Waals surface area contributed by atoms with Gasteiger partial charge in [0.25, 0.3) is 5.91 Å². The number of nitrogens with one attached hydrogen (secondary N) is 1. The fraction of sp³-hybridized carbons (Fsp3) is 0.421. The van der Waals surface area contributed by atoms with Gasteiger partial charge >= 0.3 is 0 Å².